The van der Waals surface area contributed by atoms with Gasteiger partial charge in [-0.25, -0.2) is 0 Å². The number of rotatable bonds is 12. The fourth-order valence-electron chi connectivity index (χ4n) is 3.82. The highest BCUT2D eigenvalue weighted by Crippen LogP contribution is 2.44. The monoisotopic (exact) mass is 332 g/mol. The number of azo groups is 1. The van der Waals surface area contributed by atoms with E-state index in [1.807, 2.05) is 0 Å². The van der Waals surface area contributed by atoms with Gasteiger partial charge in [0.2, 0.25) is 0 Å². The van der Waals surface area contributed by atoms with Crippen LogP contribution >= 0.6 is 0 Å². The Labute approximate surface area is 146 Å². The van der Waals surface area contributed by atoms with Crippen LogP contribution in [0.5, 0.6) is 0 Å². The van der Waals surface area contributed by atoms with E-state index in [0.29, 0.717) is 23.9 Å². The number of carbonyl (C=O) groups is 1. The van der Waals surface area contributed by atoms with E-state index < -0.39 is 5.97 Å². The first-order valence-electron chi connectivity index (χ1n) is 9.65. The minimum absolute atomic E-state index is 0.260. The van der Waals surface area contributed by atoms with Crippen LogP contribution in [0, 0.1) is 11.8 Å². The van der Waals surface area contributed by atoms with Crippen LogP contribution in [0.2, 0.25) is 0 Å². The summed E-state index contributed by atoms with van der Waals surface area (Å²) in [6.45, 7) is 2.25. The van der Waals surface area contributed by atoms with E-state index in [1.54, 1.807) is 0 Å². The van der Waals surface area contributed by atoms with E-state index in [9.17, 15) is 4.79 Å². The van der Waals surface area contributed by atoms with Crippen molar-refractivity contribution in [3.63, 3.8) is 0 Å². The Hall–Kier alpha value is -1.45. The van der Waals surface area contributed by atoms with E-state index in [2.05, 4.69) is 41.5 Å². The van der Waals surface area contributed by atoms with Gasteiger partial charge in [-0.3, -0.25) is 4.79 Å². The third kappa shape index (κ3) is 5.88. The summed E-state index contributed by atoms with van der Waals surface area (Å²) in [5.41, 5.74) is 0. The van der Waals surface area contributed by atoms with Gasteiger partial charge in [0.15, 0.2) is 0 Å². The number of hydrogen-bond donors (Lipinski definition) is 1. The van der Waals surface area contributed by atoms with Gasteiger partial charge in [0.05, 0.1) is 12.1 Å². The largest absolute Gasteiger partial charge is 0.481 e. The van der Waals surface area contributed by atoms with Gasteiger partial charge in [0.25, 0.3) is 0 Å². The Bertz CT molecular complexity index is 470. The summed E-state index contributed by atoms with van der Waals surface area (Å²) in [4.78, 5) is 10.5. The van der Waals surface area contributed by atoms with Gasteiger partial charge < -0.3 is 5.11 Å². The summed E-state index contributed by atoms with van der Waals surface area (Å²) in [6, 6.07) is 0.792. The van der Waals surface area contributed by atoms with E-state index in [0.717, 1.165) is 25.7 Å². The fraction of sp³-hybridized carbons (Fsp3) is 0.750. The molecule has 0 aromatic carbocycles. The highest BCUT2D eigenvalue weighted by molar-refractivity contribution is 5.66. The summed E-state index contributed by atoms with van der Waals surface area (Å²) in [7, 11) is 0. The number of aliphatic carboxylic acids is 1. The minimum atomic E-state index is -0.707. The molecule has 1 fully saturated rings. The molecule has 0 saturated heterocycles. The number of nitrogens with zero attached hydrogens (tertiary/aromatic N) is 2. The Morgan fingerprint density at radius 3 is 2.62 bits per heavy atom. The molecule has 1 saturated carbocycles. The van der Waals surface area contributed by atoms with Gasteiger partial charge in [-0.1, -0.05) is 50.5 Å². The van der Waals surface area contributed by atoms with E-state index in [1.165, 1.54) is 32.1 Å². The lowest BCUT2D eigenvalue weighted by Gasteiger charge is -2.22. The Morgan fingerprint density at radius 1 is 1.04 bits per heavy atom. The number of carboxylic acid groups (broad SMARTS) is 1. The molecule has 4 nitrogen and oxygen atoms in total. The predicted molar refractivity (Wildman–Crippen MR) is 97.2 cm³/mol. The van der Waals surface area contributed by atoms with Crippen molar-refractivity contribution in [2.24, 2.45) is 22.1 Å². The highest BCUT2D eigenvalue weighted by atomic mass is 16.4. The molecule has 0 unspecified atom stereocenters. The quantitative estimate of drug-likeness (QED) is 0.376. The molecule has 0 spiro atoms. The van der Waals surface area contributed by atoms with Gasteiger partial charge in [-0.2, -0.15) is 10.2 Å². The maximum atomic E-state index is 10.5. The van der Waals surface area contributed by atoms with Gasteiger partial charge in [-0.05, 0) is 44.4 Å². The topological polar surface area (TPSA) is 62.0 Å². The molecule has 134 valence electrons. The molecule has 4 heteroatoms. The molecule has 0 aromatic heterocycles. The second-order valence-electron chi connectivity index (χ2n) is 7.11. The van der Waals surface area contributed by atoms with Crippen LogP contribution in [0.25, 0.3) is 0 Å². The molecule has 1 heterocycles. The zero-order valence-corrected chi connectivity index (χ0v) is 14.9. The maximum Gasteiger partial charge on any atom is 0.303 e. The lowest BCUT2D eigenvalue weighted by Crippen LogP contribution is -2.21. The first kappa shape index (κ1) is 18.9. The van der Waals surface area contributed by atoms with Crippen molar-refractivity contribution in [3.05, 3.63) is 24.3 Å². The second-order valence-corrected chi connectivity index (χ2v) is 7.11. The van der Waals surface area contributed by atoms with E-state index >= 15 is 0 Å². The smallest absolute Gasteiger partial charge is 0.303 e. The molecule has 1 aliphatic carbocycles. The summed E-state index contributed by atoms with van der Waals surface area (Å²) in [5, 5.41) is 17.5. The third-order valence-electron chi connectivity index (χ3n) is 5.20. The molecule has 0 aromatic rings. The van der Waals surface area contributed by atoms with Gasteiger partial charge >= 0.3 is 5.97 Å². The van der Waals surface area contributed by atoms with E-state index in [-0.39, 0.29) is 6.42 Å². The van der Waals surface area contributed by atoms with Crippen LogP contribution in [-0.4, -0.2) is 23.2 Å². The van der Waals surface area contributed by atoms with Gasteiger partial charge in [-0.15, -0.1) is 0 Å². The Morgan fingerprint density at radius 2 is 1.83 bits per heavy atom. The summed E-state index contributed by atoms with van der Waals surface area (Å²) >= 11 is 0. The van der Waals surface area contributed by atoms with Crippen molar-refractivity contribution >= 4 is 5.97 Å². The SMILES string of the molecule is CCCCCC/C=C\[C@@H]1[C@@H](C/C=C\CCCC(=O)O)[C@@H]2C[C@H]1N=N2. The first-order valence-corrected chi connectivity index (χ1v) is 9.65. The number of unbranched alkanes of at least 4 members (excludes halogenated alkanes) is 5. The number of fused-ring (bicyclic) bond motifs is 2. The third-order valence-corrected chi connectivity index (χ3v) is 5.20. The normalized spacial score (nSPS) is 28.5. The van der Waals surface area contributed by atoms with Crippen LogP contribution in [0.4, 0.5) is 0 Å². The Kier molecular flexibility index (Phi) is 8.20. The summed E-state index contributed by atoms with van der Waals surface area (Å²) < 4.78 is 0. The first-order chi connectivity index (χ1) is 11.7. The fourth-order valence-corrected chi connectivity index (χ4v) is 3.82. The number of carboxylic acids is 1. The van der Waals surface area contributed by atoms with Crippen molar-refractivity contribution in [2.45, 2.75) is 83.2 Å². The minimum Gasteiger partial charge on any atom is -0.481 e. The second kappa shape index (κ2) is 10.4. The molecule has 4 atom stereocenters. The molecule has 2 bridgehead atoms. The highest BCUT2D eigenvalue weighted by Gasteiger charge is 2.45. The molecule has 0 radical (unpaired) electrons. The molecular formula is C20H32N2O2. The summed E-state index contributed by atoms with van der Waals surface area (Å²) in [6.07, 6.45) is 19.6. The van der Waals surface area contributed by atoms with Crippen LogP contribution in [0.3, 0.4) is 0 Å². The molecular weight excluding hydrogens is 300 g/mol. The molecule has 1 aliphatic heterocycles. The zero-order valence-electron chi connectivity index (χ0n) is 14.9. The van der Waals surface area contributed by atoms with Crippen molar-refractivity contribution in [1.82, 2.24) is 0 Å². The van der Waals surface area contributed by atoms with Crippen LogP contribution in [-0.2, 0) is 4.79 Å². The molecule has 2 aliphatic rings. The van der Waals surface area contributed by atoms with Crippen molar-refractivity contribution < 1.29 is 9.90 Å². The van der Waals surface area contributed by atoms with Gasteiger partial charge in [0.1, 0.15) is 0 Å². The van der Waals surface area contributed by atoms with Gasteiger partial charge in [0, 0.05) is 12.3 Å². The van der Waals surface area contributed by atoms with Crippen molar-refractivity contribution in [3.8, 4) is 0 Å². The lowest BCUT2D eigenvalue weighted by atomic mass is 9.87. The molecule has 0 amide bonds. The lowest BCUT2D eigenvalue weighted by molar-refractivity contribution is -0.137. The van der Waals surface area contributed by atoms with E-state index in [4.69, 9.17) is 5.11 Å². The summed E-state index contributed by atoms with van der Waals surface area (Å²) in [5.74, 6) is 0.415. The van der Waals surface area contributed by atoms with Crippen LogP contribution in [0.15, 0.2) is 34.5 Å². The van der Waals surface area contributed by atoms with Crippen LogP contribution in [0.1, 0.15) is 71.1 Å². The molecule has 2 rings (SSSR count). The average Bonchev–Trinajstić information content (AvgIpc) is 3.15. The van der Waals surface area contributed by atoms with Crippen molar-refractivity contribution in [2.75, 3.05) is 0 Å². The standard InChI is InChI=1S/C20H32N2O2/c1-2-3-4-5-6-9-12-16-17(19-15-18(16)21-22-19)13-10-7-8-11-14-20(23)24/h7,9-10,12,16-19H,2-6,8,11,13-15H2,1H3,(H,23,24)/b10-7-,12-9-/t16-,17-,18-,19+/m1/s1. The molecule has 1 N–H and O–H groups in total. The zero-order chi connectivity index (χ0) is 17.2. The molecule has 24 heavy (non-hydrogen) atoms. The maximum absolute atomic E-state index is 10.5. The average molecular weight is 332 g/mol. The van der Waals surface area contributed by atoms with Crippen LogP contribution < -0.4 is 0 Å². The number of hydrogen-bond acceptors (Lipinski definition) is 3. The predicted octanol–water partition coefficient (Wildman–Crippen LogP) is 5.55. The Balaban J connectivity index is 1.73. The van der Waals surface area contributed by atoms with Crippen molar-refractivity contribution in [1.29, 1.82) is 0 Å². The number of allylic oxidation sites excluding steroid dienone is 3.